The van der Waals surface area contributed by atoms with Gasteiger partial charge in [0.25, 0.3) is 5.91 Å². The van der Waals surface area contributed by atoms with Crippen LogP contribution in [0.5, 0.6) is 5.75 Å². The number of nitrogens with one attached hydrogen (secondary N) is 2. The van der Waals surface area contributed by atoms with Gasteiger partial charge in [0.2, 0.25) is 11.9 Å². The molecule has 0 saturated heterocycles. The van der Waals surface area contributed by atoms with Crippen molar-refractivity contribution in [1.82, 2.24) is 15.3 Å². The van der Waals surface area contributed by atoms with Crippen molar-refractivity contribution in [3.63, 3.8) is 0 Å². The molecule has 10 nitrogen and oxygen atoms in total. The number of fused-ring (bicyclic) bond motifs is 1. The Morgan fingerprint density at radius 2 is 2.09 bits per heavy atom. The van der Waals surface area contributed by atoms with Gasteiger partial charge < -0.3 is 30.3 Å². The maximum Gasteiger partial charge on any atom is 0.251 e. The van der Waals surface area contributed by atoms with Crippen molar-refractivity contribution in [3.05, 3.63) is 30.0 Å². The molecule has 3 N–H and O–H groups in total. The molecule has 1 aliphatic carbocycles. The summed E-state index contributed by atoms with van der Waals surface area (Å²) in [6.07, 6.45) is 6.67. The van der Waals surface area contributed by atoms with Gasteiger partial charge in [0, 0.05) is 38.2 Å². The van der Waals surface area contributed by atoms with Crippen LogP contribution in [-0.2, 0) is 4.79 Å². The summed E-state index contributed by atoms with van der Waals surface area (Å²) in [5.41, 5.74) is 1.74. The number of hydrogen-bond acceptors (Lipinski definition) is 8. The van der Waals surface area contributed by atoms with Crippen molar-refractivity contribution in [2.45, 2.75) is 57.6 Å². The highest BCUT2D eigenvalue weighted by Crippen LogP contribution is 2.36. The number of hydrogen-bond donors (Lipinski definition) is 3. The summed E-state index contributed by atoms with van der Waals surface area (Å²) < 4.78 is 5.51. The molecule has 2 aromatic rings. The highest BCUT2D eigenvalue weighted by atomic mass is 16.5. The van der Waals surface area contributed by atoms with E-state index in [1.54, 1.807) is 36.3 Å². The molecule has 1 aromatic carbocycles. The van der Waals surface area contributed by atoms with Crippen molar-refractivity contribution in [2.24, 2.45) is 0 Å². The Balaban J connectivity index is 1.58. The number of ether oxygens (including phenoxy) is 1. The van der Waals surface area contributed by atoms with Gasteiger partial charge in [0.1, 0.15) is 11.4 Å². The second kappa shape index (κ2) is 10.9. The Bertz CT molecular complexity index is 1070. The Morgan fingerprint density at radius 1 is 1.31 bits per heavy atom. The van der Waals surface area contributed by atoms with Gasteiger partial charge in [-0.2, -0.15) is 4.98 Å². The molecular weight excluding hydrogens is 448 g/mol. The van der Waals surface area contributed by atoms with Crippen molar-refractivity contribution in [1.29, 1.82) is 0 Å². The summed E-state index contributed by atoms with van der Waals surface area (Å²) in [7, 11) is 3.30. The standard InChI is InChI=1S/C25H34N6O4/c1-4-18(32)14-26-24(34)16-9-10-19(21(13-16)35-3)28-25-27-15-20-23(29-25)31(17-7-5-6-8-17)12-11-22(33)30(20)2/h9-10,13,15,17-18,32H,4-8,11-12,14H2,1-3H3,(H,26,34)(H,27,28,29). The van der Waals surface area contributed by atoms with E-state index in [1.807, 2.05) is 6.92 Å². The molecule has 2 amide bonds. The quantitative estimate of drug-likeness (QED) is 0.525. The predicted molar refractivity (Wildman–Crippen MR) is 135 cm³/mol. The molecule has 1 atom stereocenters. The number of aromatic nitrogens is 2. The first-order valence-corrected chi connectivity index (χ1v) is 12.2. The van der Waals surface area contributed by atoms with Crippen LogP contribution in [0.3, 0.4) is 0 Å². The number of methoxy groups -OCH3 is 1. The Labute approximate surface area is 205 Å². The van der Waals surface area contributed by atoms with E-state index < -0.39 is 6.10 Å². The van der Waals surface area contributed by atoms with Crippen molar-refractivity contribution in [2.75, 3.05) is 42.4 Å². The zero-order valence-electron chi connectivity index (χ0n) is 20.6. The van der Waals surface area contributed by atoms with Gasteiger partial charge in [0.15, 0.2) is 5.82 Å². The molecule has 188 valence electrons. The van der Waals surface area contributed by atoms with E-state index in [4.69, 9.17) is 9.72 Å². The lowest BCUT2D eigenvalue weighted by Crippen LogP contribution is -2.34. The average molecular weight is 483 g/mol. The maximum absolute atomic E-state index is 12.5. The number of benzene rings is 1. The van der Waals surface area contributed by atoms with Crippen LogP contribution in [0.25, 0.3) is 0 Å². The van der Waals surface area contributed by atoms with E-state index >= 15 is 0 Å². The Kier molecular flexibility index (Phi) is 7.70. The molecule has 4 rings (SSSR count). The second-order valence-corrected chi connectivity index (χ2v) is 9.05. The topological polar surface area (TPSA) is 120 Å². The molecular formula is C25H34N6O4. The van der Waals surface area contributed by atoms with Gasteiger partial charge >= 0.3 is 0 Å². The van der Waals surface area contributed by atoms with Crippen LogP contribution in [-0.4, -0.2) is 66.3 Å². The fourth-order valence-corrected chi connectivity index (χ4v) is 4.58. The minimum atomic E-state index is -0.578. The number of amides is 2. The van der Waals surface area contributed by atoms with E-state index in [9.17, 15) is 14.7 Å². The van der Waals surface area contributed by atoms with Crippen LogP contribution < -0.4 is 25.2 Å². The fraction of sp³-hybridized carbons (Fsp3) is 0.520. The number of nitrogens with zero attached hydrogens (tertiary/aromatic N) is 4. The van der Waals surface area contributed by atoms with Crippen LogP contribution in [0.1, 0.15) is 55.8 Å². The molecule has 0 spiro atoms. The Hall–Kier alpha value is -3.40. The van der Waals surface area contributed by atoms with Crippen molar-refractivity contribution in [3.8, 4) is 5.75 Å². The van der Waals surface area contributed by atoms with E-state index in [1.165, 1.54) is 20.0 Å². The minimum Gasteiger partial charge on any atom is -0.495 e. The molecule has 0 bridgehead atoms. The van der Waals surface area contributed by atoms with E-state index in [2.05, 4.69) is 20.5 Å². The van der Waals surface area contributed by atoms with Crippen molar-refractivity contribution >= 4 is 35.0 Å². The van der Waals surface area contributed by atoms with Gasteiger partial charge in [-0.25, -0.2) is 4.98 Å². The van der Waals surface area contributed by atoms with Gasteiger partial charge in [-0.15, -0.1) is 0 Å². The molecule has 10 heteroatoms. The molecule has 2 heterocycles. The zero-order chi connectivity index (χ0) is 24.9. The number of carbonyl (C=O) groups is 2. The van der Waals surface area contributed by atoms with Crippen LogP contribution in [0.2, 0.25) is 0 Å². The number of rotatable bonds is 8. The van der Waals surface area contributed by atoms with Gasteiger partial charge in [-0.3, -0.25) is 9.59 Å². The number of aliphatic hydroxyl groups excluding tert-OH is 1. The summed E-state index contributed by atoms with van der Waals surface area (Å²) in [5.74, 6) is 1.37. The number of aliphatic hydroxyl groups is 1. The zero-order valence-corrected chi connectivity index (χ0v) is 20.6. The fourth-order valence-electron chi connectivity index (χ4n) is 4.58. The molecule has 1 aliphatic heterocycles. The highest BCUT2D eigenvalue weighted by Gasteiger charge is 2.31. The maximum atomic E-state index is 12.5. The van der Waals surface area contributed by atoms with Gasteiger partial charge in [-0.1, -0.05) is 19.8 Å². The molecule has 35 heavy (non-hydrogen) atoms. The van der Waals surface area contributed by atoms with Crippen molar-refractivity contribution < 1.29 is 19.4 Å². The van der Waals surface area contributed by atoms with Gasteiger partial charge in [0.05, 0.1) is 25.1 Å². The first kappa shape index (κ1) is 24.7. The third-order valence-electron chi connectivity index (χ3n) is 6.77. The molecule has 1 saturated carbocycles. The average Bonchev–Trinajstić information content (AvgIpc) is 3.38. The smallest absolute Gasteiger partial charge is 0.251 e. The lowest BCUT2D eigenvalue weighted by molar-refractivity contribution is -0.118. The largest absolute Gasteiger partial charge is 0.495 e. The van der Waals surface area contributed by atoms with Crippen LogP contribution in [0.4, 0.5) is 23.1 Å². The molecule has 2 aliphatic rings. The van der Waals surface area contributed by atoms with E-state index in [-0.39, 0.29) is 18.4 Å². The summed E-state index contributed by atoms with van der Waals surface area (Å²) in [4.78, 5) is 38.2. The van der Waals surface area contributed by atoms with Crippen LogP contribution in [0.15, 0.2) is 24.4 Å². The molecule has 1 aromatic heterocycles. The normalized spacial score (nSPS) is 17.1. The Morgan fingerprint density at radius 3 is 2.80 bits per heavy atom. The monoisotopic (exact) mass is 482 g/mol. The van der Waals surface area contributed by atoms with Crippen LogP contribution >= 0.6 is 0 Å². The summed E-state index contributed by atoms with van der Waals surface area (Å²) in [6, 6.07) is 5.42. The lowest BCUT2D eigenvalue weighted by Gasteiger charge is -2.30. The first-order valence-electron chi connectivity index (χ1n) is 12.2. The highest BCUT2D eigenvalue weighted by molar-refractivity contribution is 5.97. The molecule has 1 unspecified atom stereocenters. The third-order valence-corrected chi connectivity index (χ3v) is 6.77. The molecule has 1 fully saturated rings. The number of anilines is 4. The predicted octanol–water partition coefficient (Wildman–Crippen LogP) is 2.85. The first-order chi connectivity index (χ1) is 16.9. The minimum absolute atomic E-state index is 0.0537. The lowest BCUT2D eigenvalue weighted by atomic mass is 10.1. The van der Waals surface area contributed by atoms with E-state index in [0.717, 1.165) is 18.7 Å². The second-order valence-electron chi connectivity index (χ2n) is 9.05. The summed E-state index contributed by atoms with van der Waals surface area (Å²) >= 11 is 0. The third kappa shape index (κ3) is 5.48. The van der Waals surface area contributed by atoms with Gasteiger partial charge in [-0.05, 0) is 37.5 Å². The SMILES string of the molecule is CCC(O)CNC(=O)c1ccc(Nc2ncc3c(n2)N(C2CCCC2)CCC(=O)N3C)c(OC)c1. The van der Waals surface area contributed by atoms with Crippen LogP contribution in [0, 0.1) is 0 Å². The molecule has 0 radical (unpaired) electrons. The van der Waals surface area contributed by atoms with E-state index in [0.29, 0.717) is 54.1 Å². The number of carbonyl (C=O) groups excluding carboxylic acids is 2. The summed E-state index contributed by atoms with van der Waals surface area (Å²) in [6.45, 7) is 2.68. The summed E-state index contributed by atoms with van der Waals surface area (Å²) in [5, 5.41) is 15.6.